The van der Waals surface area contributed by atoms with E-state index in [0.29, 0.717) is 28.5 Å². The number of hydrogen-bond acceptors (Lipinski definition) is 6. The molecule has 12 heteroatoms. The molecule has 0 aliphatic carbocycles. The minimum Gasteiger partial charge on any atom is -0.475 e. The molecule has 36 heavy (non-hydrogen) atoms. The Morgan fingerprint density at radius 3 is 2.14 bits per heavy atom. The smallest absolute Gasteiger partial charge is 0.475 e. The van der Waals surface area contributed by atoms with Gasteiger partial charge in [0.05, 0.1) is 0 Å². The molecule has 1 amide bonds. The Kier molecular flexibility index (Phi) is 7.79. The maximum atomic E-state index is 12.8. The number of nitrogens with one attached hydrogen (secondary N) is 3. The lowest BCUT2D eigenvalue weighted by molar-refractivity contribution is -0.192. The van der Waals surface area contributed by atoms with Gasteiger partial charge in [0, 0.05) is 40.3 Å². The molecule has 3 aromatic carbocycles. The van der Waals surface area contributed by atoms with Gasteiger partial charge in [-0.15, -0.1) is 0 Å². The Bertz CT molecular complexity index is 1400. The van der Waals surface area contributed by atoms with Gasteiger partial charge in [-0.2, -0.15) is 13.2 Å². The summed E-state index contributed by atoms with van der Waals surface area (Å²) in [5.41, 5.74) is 8.08. The standard InChI is InChI=1S/C22H18N6O.C2HF3O2/c23-20(24)15-8-7-14-11-16(21(29)27-17-5-2-1-3-6-17)13-19(18(14)12-15)28-22-25-9-4-10-26-22;3-2(4,5)1(6)7/h1-13H,(H3,23,24)(H,27,29)(H,25,26,28);(H,6,7). The van der Waals surface area contributed by atoms with E-state index in [0.717, 1.165) is 10.8 Å². The summed E-state index contributed by atoms with van der Waals surface area (Å²) in [7, 11) is 0. The zero-order chi connectivity index (χ0) is 26.3. The van der Waals surface area contributed by atoms with Crippen molar-refractivity contribution in [2.24, 2.45) is 5.73 Å². The quantitative estimate of drug-likeness (QED) is 0.201. The monoisotopic (exact) mass is 496 g/mol. The molecule has 0 unspecified atom stereocenters. The fourth-order valence-corrected chi connectivity index (χ4v) is 2.97. The maximum Gasteiger partial charge on any atom is 0.490 e. The van der Waals surface area contributed by atoms with Crippen molar-refractivity contribution < 1.29 is 27.9 Å². The summed E-state index contributed by atoms with van der Waals surface area (Å²) in [6, 6.07) is 19.9. The summed E-state index contributed by atoms with van der Waals surface area (Å²) in [4.78, 5) is 30.1. The zero-order valence-corrected chi connectivity index (χ0v) is 18.4. The predicted octanol–water partition coefficient (Wildman–Crippen LogP) is 4.54. The van der Waals surface area contributed by atoms with Crippen LogP contribution in [0.1, 0.15) is 15.9 Å². The third kappa shape index (κ3) is 6.76. The number of nitrogens with two attached hydrogens (primary N) is 1. The van der Waals surface area contributed by atoms with E-state index in [4.69, 9.17) is 21.0 Å². The first-order valence-corrected chi connectivity index (χ1v) is 10.2. The molecule has 0 aliphatic rings. The number of carboxylic acid groups (broad SMARTS) is 1. The number of nitrogen functional groups attached to an aromatic ring is 1. The third-order valence-corrected chi connectivity index (χ3v) is 4.61. The molecule has 0 saturated heterocycles. The molecule has 0 fully saturated rings. The number of carbonyl (C=O) groups is 2. The van der Waals surface area contributed by atoms with Gasteiger partial charge in [0.25, 0.3) is 5.91 Å². The lowest BCUT2D eigenvalue weighted by Crippen LogP contribution is -2.21. The lowest BCUT2D eigenvalue weighted by Gasteiger charge is -2.13. The molecule has 0 spiro atoms. The minimum atomic E-state index is -5.08. The number of amidine groups is 1. The highest BCUT2D eigenvalue weighted by Crippen LogP contribution is 2.29. The molecule has 4 rings (SSSR count). The third-order valence-electron chi connectivity index (χ3n) is 4.61. The van der Waals surface area contributed by atoms with E-state index in [1.54, 1.807) is 36.7 Å². The number of alkyl halides is 3. The largest absolute Gasteiger partial charge is 0.490 e. The molecule has 4 aromatic rings. The molecule has 0 atom stereocenters. The first kappa shape index (κ1) is 25.6. The Balaban J connectivity index is 0.000000454. The fraction of sp³-hybridized carbons (Fsp3) is 0.0417. The molecule has 0 aliphatic heterocycles. The van der Waals surface area contributed by atoms with Crippen LogP contribution in [0.3, 0.4) is 0 Å². The second-order valence-electron chi connectivity index (χ2n) is 7.19. The number of halogens is 3. The van der Waals surface area contributed by atoms with Crippen LogP contribution in [0.2, 0.25) is 0 Å². The van der Waals surface area contributed by atoms with Crippen molar-refractivity contribution in [3.05, 3.63) is 90.3 Å². The summed E-state index contributed by atoms with van der Waals surface area (Å²) < 4.78 is 31.7. The number of nitrogens with zero attached hydrogens (tertiary/aromatic N) is 2. The van der Waals surface area contributed by atoms with Crippen molar-refractivity contribution in [2.75, 3.05) is 10.6 Å². The van der Waals surface area contributed by atoms with Gasteiger partial charge in [0.15, 0.2) is 0 Å². The van der Waals surface area contributed by atoms with Crippen molar-refractivity contribution in [1.82, 2.24) is 9.97 Å². The summed E-state index contributed by atoms with van der Waals surface area (Å²) in [5, 5.41) is 22.5. The normalized spacial score (nSPS) is 10.6. The van der Waals surface area contributed by atoms with Crippen LogP contribution in [-0.4, -0.2) is 39.0 Å². The number of para-hydroxylation sites is 1. The Morgan fingerprint density at radius 1 is 0.917 bits per heavy atom. The summed E-state index contributed by atoms with van der Waals surface area (Å²) in [6.07, 6.45) is -1.82. The van der Waals surface area contributed by atoms with Crippen LogP contribution < -0.4 is 16.4 Å². The average Bonchev–Trinajstić information content (AvgIpc) is 2.84. The SMILES string of the molecule is N=C(N)c1ccc2cc(C(=O)Nc3ccccc3)cc(Nc3ncccn3)c2c1.O=C(O)C(F)(F)F. The van der Waals surface area contributed by atoms with Crippen molar-refractivity contribution in [3.8, 4) is 0 Å². The zero-order valence-electron chi connectivity index (χ0n) is 18.4. The number of rotatable bonds is 5. The average molecular weight is 496 g/mol. The first-order chi connectivity index (χ1) is 17.0. The van der Waals surface area contributed by atoms with Gasteiger partial charge in [0.2, 0.25) is 5.95 Å². The van der Waals surface area contributed by atoms with Crippen LogP contribution in [0.4, 0.5) is 30.5 Å². The van der Waals surface area contributed by atoms with E-state index in [2.05, 4.69) is 20.6 Å². The fourth-order valence-electron chi connectivity index (χ4n) is 2.97. The summed E-state index contributed by atoms with van der Waals surface area (Å²) >= 11 is 0. The van der Waals surface area contributed by atoms with Crippen LogP contribution in [0.5, 0.6) is 0 Å². The van der Waals surface area contributed by atoms with Crippen LogP contribution in [-0.2, 0) is 4.79 Å². The Morgan fingerprint density at radius 2 is 1.56 bits per heavy atom. The van der Waals surface area contributed by atoms with Crippen molar-refractivity contribution in [3.63, 3.8) is 0 Å². The molecular formula is C24H19F3N6O3. The number of hydrogen-bond donors (Lipinski definition) is 5. The van der Waals surface area contributed by atoms with Gasteiger partial charge in [-0.1, -0.05) is 30.3 Å². The van der Waals surface area contributed by atoms with Crippen LogP contribution >= 0.6 is 0 Å². The van der Waals surface area contributed by atoms with Crippen molar-refractivity contribution >= 4 is 45.8 Å². The highest BCUT2D eigenvalue weighted by molar-refractivity contribution is 6.10. The molecular weight excluding hydrogens is 477 g/mol. The molecule has 184 valence electrons. The van der Waals surface area contributed by atoms with E-state index in [-0.39, 0.29) is 11.7 Å². The predicted molar refractivity (Wildman–Crippen MR) is 128 cm³/mol. The summed E-state index contributed by atoms with van der Waals surface area (Å²) in [6.45, 7) is 0. The number of amides is 1. The number of aromatic nitrogens is 2. The minimum absolute atomic E-state index is 0.0280. The van der Waals surface area contributed by atoms with Crippen molar-refractivity contribution in [2.45, 2.75) is 6.18 Å². The number of carboxylic acids is 1. The summed E-state index contributed by atoms with van der Waals surface area (Å²) in [5.74, 6) is -2.61. The van der Waals surface area contributed by atoms with E-state index >= 15 is 0 Å². The molecule has 1 aromatic heterocycles. The highest BCUT2D eigenvalue weighted by Gasteiger charge is 2.38. The molecule has 0 bridgehead atoms. The second kappa shape index (κ2) is 11.0. The first-order valence-electron chi connectivity index (χ1n) is 10.2. The second-order valence-corrected chi connectivity index (χ2v) is 7.19. The lowest BCUT2D eigenvalue weighted by atomic mass is 10.0. The van der Waals surface area contributed by atoms with E-state index < -0.39 is 12.1 Å². The molecule has 0 saturated carbocycles. The maximum absolute atomic E-state index is 12.8. The number of fused-ring (bicyclic) bond motifs is 1. The molecule has 9 nitrogen and oxygen atoms in total. The topological polar surface area (TPSA) is 154 Å². The highest BCUT2D eigenvalue weighted by atomic mass is 19.4. The Hall–Kier alpha value is -5.00. The van der Waals surface area contributed by atoms with E-state index in [1.807, 2.05) is 42.5 Å². The van der Waals surface area contributed by atoms with Gasteiger partial charge in [0.1, 0.15) is 5.84 Å². The van der Waals surface area contributed by atoms with Gasteiger partial charge in [-0.3, -0.25) is 10.2 Å². The van der Waals surface area contributed by atoms with Crippen LogP contribution in [0, 0.1) is 5.41 Å². The van der Waals surface area contributed by atoms with Gasteiger partial charge >= 0.3 is 12.1 Å². The number of anilines is 3. The molecule has 6 N–H and O–H groups in total. The van der Waals surface area contributed by atoms with Crippen LogP contribution in [0.25, 0.3) is 10.8 Å². The Labute approximate surface area is 202 Å². The van der Waals surface area contributed by atoms with E-state index in [1.165, 1.54) is 0 Å². The molecule has 1 heterocycles. The van der Waals surface area contributed by atoms with Gasteiger partial charge < -0.3 is 21.5 Å². The van der Waals surface area contributed by atoms with E-state index in [9.17, 15) is 18.0 Å². The van der Waals surface area contributed by atoms with Crippen molar-refractivity contribution in [1.29, 1.82) is 5.41 Å². The van der Waals surface area contributed by atoms with Crippen LogP contribution in [0.15, 0.2) is 79.1 Å². The molecule has 0 radical (unpaired) electrons. The van der Waals surface area contributed by atoms with Gasteiger partial charge in [-0.25, -0.2) is 14.8 Å². The number of aliphatic carboxylic acids is 1. The number of carbonyl (C=O) groups excluding carboxylic acids is 1. The number of benzene rings is 3. The van der Waals surface area contributed by atoms with Gasteiger partial charge in [-0.05, 0) is 41.8 Å².